The van der Waals surface area contributed by atoms with Gasteiger partial charge in [0.2, 0.25) is 0 Å². The van der Waals surface area contributed by atoms with E-state index >= 15 is 0 Å². The standard InChI is InChI=1S/C8H5BrFN3/c9-6-4-12-13(5-6)8-3-7(10)1-2-11-8/h1-5H. The van der Waals surface area contributed by atoms with Crippen molar-refractivity contribution >= 4 is 15.9 Å². The van der Waals surface area contributed by atoms with Crippen LogP contribution in [0, 0.1) is 5.82 Å². The molecule has 13 heavy (non-hydrogen) atoms. The third kappa shape index (κ3) is 1.75. The molecule has 2 rings (SSSR count). The first-order valence-electron chi connectivity index (χ1n) is 3.58. The van der Waals surface area contributed by atoms with Gasteiger partial charge in [-0.2, -0.15) is 5.10 Å². The van der Waals surface area contributed by atoms with Crippen molar-refractivity contribution in [2.45, 2.75) is 0 Å². The summed E-state index contributed by atoms with van der Waals surface area (Å²) >= 11 is 3.24. The molecule has 0 aromatic carbocycles. The molecule has 66 valence electrons. The van der Waals surface area contributed by atoms with Gasteiger partial charge >= 0.3 is 0 Å². The number of halogens is 2. The molecule has 0 fully saturated rings. The van der Waals surface area contributed by atoms with Crippen molar-refractivity contribution in [2.75, 3.05) is 0 Å². The molecule has 0 N–H and O–H groups in total. The van der Waals surface area contributed by atoms with E-state index in [1.807, 2.05) is 0 Å². The molecular formula is C8H5BrFN3. The maximum atomic E-state index is 12.8. The summed E-state index contributed by atoms with van der Waals surface area (Å²) in [5, 5.41) is 3.97. The van der Waals surface area contributed by atoms with E-state index in [-0.39, 0.29) is 5.82 Å². The van der Waals surface area contributed by atoms with Crippen LogP contribution in [0.3, 0.4) is 0 Å². The largest absolute Gasteiger partial charge is 0.237 e. The molecular weight excluding hydrogens is 237 g/mol. The summed E-state index contributed by atoms with van der Waals surface area (Å²) < 4.78 is 15.1. The van der Waals surface area contributed by atoms with Crippen LogP contribution in [0.5, 0.6) is 0 Å². The van der Waals surface area contributed by atoms with E-state index in [0.717, 1.165) is 4.47 Å². The first kappa shape index (κ1) is 8.37. The highest BCUT2D eigenvalue weighted by molar-refractivity contribution is 9.10. The number of pyridine rings is 1. The van der Waals surface area contributed by atoms with Gasteiger partial charge in [-0.05, 0) is 22.0 Å². The Balaban J connectivity index is 2.46. The maximum absolute atomic E-state index is 12.8. The molecule has 0 radical (unpaired) electrons. The quantitative estimate of drug-likeness (QED) is 0.767. The van der Waals surface area contributed by atoms with Gasteiger partial charge in [0.05, 0.1) is 10.7 Å². The number of hydrogen-bond donors (Lipinski definition) is 0. The molecule has 2 aromatic rings. The van der Waals surface area contributed by atoms with Crippen LogP contribution in [0.4, 0.5) is 4.39 Å². The number of aromatic nitrogens is 3. The van der Waals surface area contributed by atoms with E-state index in [1.165, 1.54) is 23.0 Å². The summed E-state index contributed by atoms with van der Waals surface area (Å²) in [4.78, 5) is 3.96. The van der Waals surface area contributed by atoms with Crippen LogP contribution in [-0.4, -0.2) is 14.8 Å². The van der Waals surface area contributed by atoms with E-state index in [4.69, 9.17) is 0 Å². The highest BCUT2D eigenvalue weighted by Gasteiger charge is 2.00. The second-order valence-electron chi connectivity index (χ2n) is 2.44. The van der Waals surface area contributed by atoms with Crippen LogP contribution in [0.25, 0.3) is 5.82 Å². The fraction of sp³-hybridized carbons (Fsp3) is 0. The zero-order valence-electron chi connectivity index (χ0n) is 6.48. The molecule has 0 aliphatic heterocycles. The Hall–Kier alpha value is -1.23. The summed E-state index contributed by atoms with van der Waals surface area (Å²) in [6.45, 7) is 0. The predicted molar refractivity (Wildman–Crippen MR) is 49.0 cm³/mol. The van der Waals surface area contributed by atoms with E-state index in [9.17, 15) is 4.39 Å². The summed E-state index contributed by atoms with van der Waals surface area (Å²) in [7, 11) is 0. The van der Waals surface area contributed by atoms with Crippen molar-refractivity contribution in [1.29, 1.82) is 0 Å². The minimum Gasteiger partial charge on any atom is -0.237 e. The minimum atomic E-state index is -0.323. The van der Waals surface area contributed by atoms with Gasteiger partial charge in [-0.3, -0.25) is 0 Å². The Labute approximate surface area is 82.3 Å². The average molecular weight is 242 g/mol. The molecule has 0 amide bonds. The Kier molecular flexibility index (Phi) is 2.10. The monoisotopic (exact) mass is 241 g/mol. The molecule has 0 aliphatic rings. The van der Waals surface area contributed by atoms with Gasteiger partial charge in [0, 0.05) is 18.5 Å². The Morgan fingerprint density at radius 1 is 1.46 bits per heavy atom. The third-order valence-electron chi connectivity index (χ3n) is 1.49. The predicted octanol–water partition coefficient (Wildman–Crippen LogP) is 2.17. The zero-order valence-corrected chi connectivity index (χ0v) is 8.07. The molecule has 0 bridgehead atoms. The van der Waals surface area contributed by atoms with Gasteiger partial charge in [-0.15, -0.1) is 0 Å². The zero-order chi connectivity index (χ0) is 9.26. The lowest BCUT2D eigenvalue weighted by Gasteiger charge is -1.98. The topological polar surface area (TPSA) is 30.7 Å². The van der Waals surface area contributed by atoms with E-state index < -0.39 is 0 Å². The van der Waals surface area contributed by atoms with Crippen LogP contribution in [0.15, 0.2) is 35.2 Å². The van der Waals surface area contributed by atoms with Crippen molar-refractivity contribution in [3.05, 3.63) is 41.0 Å². The molecule has 0 unspecified atom stereocenters. The molecule has 0 aliphatic carbocycles. The number of rotatable bonds is 1. The van der Waals surface area contributed by atoms with Crippen molar-refractivity contribution in [2.24, 2.45) is 0 Å². The highest BCUT2D eigenvalue weighted by atomic mass is 79.9. The molecule has 0 atom stereocenters. The fourth-order valence-electron chi connectivity index (χ4n) is 0.945. The SMILES string of the molecule is Fc1ccnc(-n2cc(Br)cn2)c1. The Bertz CT molecular complexity index is 427. The van der Waals surface area contributed by atoms with Gasteiger partial charge < -0.3 is 0 Å². The average Bonchev–Trinajstić information content (AvgIpc) is 2.52. The molecule has 3 nitrogen and oxygen atoms in total. The van der Waals surface area contributed by atoms with Crippen LogP contribution < -0.4 is 0 Å². The maximum Gasteiger partial charge on any atom is 0.156 e. The minimum absolute atomic E-state index is 0.323. The summed E-state index contributed by atoms with van der Waals surface area (Å²) in [6, 6.07) is 2.61. The normalized spacial score (nSPS) is 10.3. The molecule has 0 saturated heterocycles. The fourth-order valence-corrected chi connectivity index (χ4v) is 1.23. The van der Waals surface area contributed by atoms with Gasteiger partial charge in [-0.25, -0.2) is 14.1 Å². The van der Waals surface area contributed by atoms with Crippen molar-refractivity contribution in [1.82, 2.24) is 14.8 Å². The van der Waals surface area contributed by atoms with Gasteiger partial charge in [0.25, 0.3) is 0 Å². The summed E-state index contributed by atoms with van der Waals surface area (Å²) in [5.74, 6) is 0.141. The van der Waals surface area contributed by atoms with E-state index in [2.05, 4.69) is 26.0 Å². The smallest absolute Gasteiger partial charge is 0.156 e. The first-order valence-corrected chi connectivity index (χ1v) is 4.37. The lowest BCUT2D eigenvalue weighted by Crippen LogP contribution is -1.97. The molecule has 0 spiro atoms. The highest BCUT2D eigenvalue weighted by Crippen LogP contribution is 2.10. The Morgan fingerprint density at radius 2 is 2.31 bits per heavy atom. The molecule has 5 heteroatoms. The lowest BCUT2D eigenvalue weighted by molar-refractivity contribution is 0.622. The number of hydrogen-bond acceptors (Lipinski definition) is 2. The van der Waals surface area contributed by atoms with Crippen LogP contribution >= 0.6 is 15.9 Å². The number of nitrogens with zero attached hydrogens (tertiary/aromatic N) is 3. The first-order chi connectivity index (χ1) is 6.25. The van der Waals surface area contributed by atoms with Crippen LogP contribution in [0.1, 0.15) is 0 Å². The second-order valence-corrected chi connectivity index (χ2v) is 3.35. The van der Waals surface area contributed by atoms with Crippen LogP contribution in [0.2, 0.25) is 0 Å². The van der Waals surface area contributed by atoms with Crippen LogP contribution in [-0.2, 0) is 0 Å². The molecule has 2 heterocycles. The summed E-state index contributed by atoms with van der Waals surface area (Å²) in [6.07, 6.45) is 4.73. The van der Waals surface area contributed by atoms with E-state index in [1.54, 1.807) is 12.4 Å². The molecule has 2 aromatic heterocycles. The third-order valence-corrected chi connectivity index (χ3v) is 1.90. The molecule has 0 saturated carbocycles. The van der Waals surface area contributed by atoms with Gasteiger partial charge in [0.1, 0.15) is 5.82 Å². The van der Waals surface area contributed by atoms with Gasteiger partial charge in [-0.1, -0.05) is 0 Å². The van der Waals surface area contributed by atoms with E-state index in [0.29, 0.717) is 5.82 Å². The van der Waals surface area contributed by atoms with Crippen molar-refractivity contribution in [3.63, 3.8) is 0 Å². The van der Waals surface area contributed by atoms with Crippen molar-refractivity contribution < 1.29 is 4.39 Å². The van der Waals surface area contributed by atoms with Gasteiger partial charge in [0.15, 0.2) is 5.82 Å². The van der Waals surface area contributed by atoms with Crippen molar-refractivity contribution in [3.8, 4) is 5.82 Å². The summed E-state index contributed by atoms with van der Waals surface area (Å²) in [5.41, 5.74) is 0. The second kappa shape index (κ2) is 3.26. The lowest BCUT2D eigenvalue weighted by atomic mass is 10.4. The Morgan fingerprint density at radius 3 is 2.92 bits per heavy atom.